The van der Waals surface area contributed by atoms with Gasteiger partial charge in [-0.15, -0.1) is 17.5 Å². The molecule has 0 radical (unpaired) electrons. The Morgan fingerprint density at radius 2 is 2.18 bits per heavy atom. The minimum atomic E-state index is 0. The van der Waals surface area contributed by atoms with Crippen molar-refractivity contribution in [2.75, 3.05) is 19.6 Å². The van der Waals surface area contributed by atoms with Crippen LogP contribution < -0.4 is 5.32 Å². The van der Waals surface area contributed by atoms with Crippen LogP contribution in [0.15, 0.2) is 30.5 Å². The molecule has 2 aromatic rings. The lowest BCUT2D eigenvalue weighted by atomic mass is 10.0. The fourth-order valence-electron chi connectivity index (χ4n) is 2.62. The molecule has 1 aliphatic rings. The number of nitrogens with one attached hydrogen (secondary N) is 1. The SMILES string of the molecule is CCc1ccc(C2CNCCN2C(=O)c2cnns2)cc1.Cl. The predicted molar refractivity (Wildman–Crippen MR) is 89.6 cm³/mol. The molecule has 1 amide bonds. The van der Waals surface area contributed by atoms with Crippen molar-refractivity contribution < 1.29 is 4.79 Å². The Hall–Kier alpha value is -1.50. The average molecular weight is 339 g/mol. The molecular formula is C15H19ClN4OS. The van der Waals surface area contributed by atoms with Crippen molar-refractivity contribution in [2.45, 2.75) is 19.4 Å². The molecular weight excluding hydrogens is 320 g/mol. The molecule has 1 saturated heterocycles. The number of hydrogen-bond acceptors (Lipinski definition) is 5. The molecule has 1 N–H and O–H groups in total. The number of nitrogens with zero attached hydrogens (tertiary/aromatic N) is 3. The van der Waals surface area contributed by atoms with Gasteiger partial charge in [-0.05, 0) is 29.1 Å². The Bertz CT molecular complexity index is 603. The summed E-state index contributed by atoms with van der Waals surface area (Å²) in [5.41, 5.74) is 2.48. The van der Waals surface area contributed by atoms with E-state index in [4.69, 9.17) is 0 Å². The summed E-state index contributed by atoms with van der Waals surface area (Å²) in [6, 6.07) is 8.60. The number of aromatic nitrogens is 2. The lowest BCUT2D eigenvalue weighted by molar-refractivity contribution is 0.0639. The van der Waals surface area contributed by atoms with Crippen LogP contribution in [-0.2, 0) is 6.42 Å². The van der Waals surface area contributed by atoms with E-state index < -0.39 is 0 Å². The molecule has 0 saturated carbocycles. The van der Waals surface area contributed by atoms with Crippen LogP contribution in [0.3, 0.4) is 0 Å². The van der Waals surface area contributed by atoms with E-state index >= 15 is 0 Å². The molecule has 1 aliphatic heterocycles. The summed E-state index contributed by atoms with van der Waals surface area (Å²) >= 11 is 1.16. The summed E-state index contributed by atoms with van der Waals surface area (Å²) in [6.07, 6.45) is 2.57. The van der Waals surface area contributed by atoms with Crippen LogP contribution in [0.25, 0.3) is 0 Å². The molecule has 1 atom stereocenters. The van der Waals surface area contributed by atoms with Crippen LogP contribution in [0.4, 0.5) is 0 Å². The van der Waals surface area contributed by atoms with Gasteiger partial charge >= 0.3 is 0 Å². The van der Waals surface area contributed by atoms with E-state index in [0.29, 0.717) is 11.4 Å². The molecule has 2 heterocycles. The van der Waals surface area contributed by atoms with E-state index in [1.807, 2.05) is 4.90 Å². The lowest BCUT2D eigenvalue weighted by Crippen LogP contribution is -2.48. The fourth-order valence-corrected chi connectivity index (χ4v) is 3.10. The minimum absolute atomic E-state index is 0. The minimum Gasteiger partial charge on any atom is -0.328 e. The van der Waals surface area contributed by atoms with E-state index in [1.165, 1.54) is 11.1 Å². The Morgan fingerprint density at radius 1 is 1.41 bits per heavy atom. The quantitative estimate of drug-likeness (QED) is 0.933. The third-order valence-corrected chi connectivity index (χ3v) is 4.50. The van der Waals surface area contributed by atoms with Gasteiger partial charge in [0.2, 0.25) is 0 Å². The predicted octanol–water partition coefficient (Wildman–Crippen LogP) is 2.31. The molecule has 118 valence electrons. The van der Waals surface area contributed by atoms with Crippen LogP contribution in [0.5, 0.6) is 0 Å². The van der Waals surface area contributed by atoms with Crippen molar-refractivity contribution >= 4 is 29.8 Å². The highest BCUT2D eigenvalue weighted by molar-refractivity contribution is 7.07. The Morgan fingerprint density at radius 3 is 2.82 bits per heavy atom. The smallest absolute Gasteiger partial charge is 0.267 e. The van der Waals surface area contributed by atoms with E-state index in [2.05, 4.69) is 46.1 Å². The third kappa shape index (κ3) is 3.45. The van der Waals surface area contributed by atoms with Gasteiger partial charge in [-0.25, -0.2) is 0 Å². The van der Waals surface area contributed by atoms with Crippen molar-refractivity contribution in [1.82, 2.24) is 19.8 Å². The number of benzene rings is 1. The van der Waals surface area contributed by atoms with E-state index in [-0.39, 0.29) is 24.4 Å². The van der Waals surface area contributed by atoms with E-state index in [9.17, 15) is 4.79 Å². The van der Waals surface area contributed by atoms with Crippen LogP contribution in [0.2, 0.25) is 0 Å². The van der Waals surface area contributed by atoms with Crippen LogP contribution in [0.1, 0.15) is 33.8 Å². The number of aryl methyl sites for hydroxylation is 1. The van der Waals surface area contributed by atoms with Crippen LogP contribution >= 0.6 is 23.9 Å². The number of piperazine rings is 1. The first-order valence-corrected chi connectivity index (χ1v) is 7.95. The summed E-state index contributed by atoms with van der Waals surface area (Å²) in [6.45, 7) is 4.45. The molecule has 0 aliphatic carbocycles. The second-order valence-corrected chi connectivity index (χ2v) is 5.88. The average Bonchev–Trinajstić information content (AvgIpc) is 3.09. The summed E-state index contributed by atoms with van der Waals surface area (Å²) in [5, 5.41) is 7.13. The first-order chi connectivity index (χ1) is 10.3. The standard InChI is InChI=1S/C15H18N4OS.ClH/c1-2-11-3-5-12(6-4-11)13-9-16-7-8-19(13)15(20)14-10-17-18-21-14;/h3-6,10,13,16H,2,7-9H2,1H3;1H. The maximum atomic E-state index is 12.6. The van der Waals surface area contributed by atoms with Gasteiger partial charge in [0.15, 0.2) is 0 Å². The zero-order valence-corrected chi connectivity index (χ0v) is 14.0. The van der Waals surface area contributed by atoms with Gasteiger partial charge in [-0.1, -0.05) is 35.7 Å². The summed E-state index contributed by atoms with van der Waals surface area (Å²) in [5.74, 6) is 0.0241. The molecule has 3 rings (SSSR count). The molecule has 0 spiro atoms. The van der Waals surface area contributed by atoms with Gasteiger partial charge in [-0.2, -0.15) is 0 Å². The Balaban J connectivity index is 0.00000176. The lowest BCUT2D eigenvalue weighted by Gasteiger charge is -2.36. The summed E-state index contributed by atoms with van der Waals surface area (Å²) < 4.78 is 3.79. The number of halogens is 1. The second kappa shape index (κ2) is 7.67. The van der Waals surface area contributed by atoms with E-state index in [1.54, 1.807) is 6.20 Å². The Kier molecular flexibility index (Phi) is 5.88. The van der Waals surface area contributed by atoms with Crippen molar-refractivity contribution in [3.63, 3.8) is 0 Å². The maximum absolute atomic E-state index is 12.6. The van der Waals surface area contributed by atoms with Crippen molar-refractivity contribution in [3.8, 4) is 0 Å². The zero-order valence-electron chi connectivity index (χ0n) is 12.4. The second-order valence-electron chi connectivity index (χ2n) is 5.10. The molecule has 5 nitrogen and oxygen atoms in total. The summed E-state index contributed by atoms with van der Waals surface area (Å²) in [7, 11) is 0. The fraction of sp³-hybridized carbons (Fsp3) is 0.400. The molecule has 1 aromatic carbocycles. The van der Waals surface area contributed by atoms with Crippen molar-refractivity contribution in [3.05, 3.63) is 46.5 Å². The number of carbonyl (C=O) groups excluding carboxylic acids is 1. The van der Waals surface area contributed by atoms with Gasteiger partial charge < -0.3 is 10.2 Å². The first kappa shape index (κ1) is 16.9. The molecule has 0 bridgehead atoms. The monoisotopic (exact) mass is 338 g/mol. The van der Waals surface area contributed by atoms with Crippen LogP contribution in [-0.4, -0.2) is 40.0 Å². The third-order valence-electron chi connectivity index (χ3n) is 3.85. The van der Waals surface area contributed by atoms with Crippen molar-refractivity contribution in [1.29, 1.82) is 0 Å². The molecule has 22 heavy (non-hydrogen) atoms. The van der Waals surface area contributed by atoms with Crippen molar-refractivity contribution in [2.24, 2.45) is 0 Å². The largest absolute Gasteiger partial charge is 0.328 e. The van der Waals surface area contributed by atoms with E-state index in [0.717, 1.165) is 31.0 Å². The normalized spacial score (nSPS) is 17.9. The maximum Gasteiger partial charge on any atom is 0.267 e. The highest BCUT2D eigenvalue weighted by Gasteiger charge is 2.29. The van der Waals surface area contributed by atoms with Gasteiger partial charge in [0.1, 0.15) is 4.88 Å². The topological polar surface area (TPSA) is 58.1 Å². The molecule has 1 unspecified atom stereocenters. The van der Waals surface area contributed by atoms with Crippen LogP contribution in [0, 0.1) is 0 Å². The number of hydrogen-bond donors (Lipinski definition) is 1. The van der Waals surface area contributed by atoms with Gasteiger partial charge in [0.05, 0.1) is 12.2 Å². The zero-order chi connectivity index (χ0) is 14.7. The first-order valence-electron chi connectivity index (χ1n) is 7.17. The number of amides is 1. The van der Waals surface area contributed by atoms with Gasteiger partial charge in [0.25, 0.3) is 5.91 Å². The molecule has 7 heteroatoms. The number of carbonyl (C=O) groups is 1. The van der Waals surface area contributed by atoms with Gasteiger partial charge in [0, 0.05) is 19.6 Å². The van der Waals surface area contributed by atoms with Gasteiger partial charge in [-0.3, -0.25) is 4.79 Å². The molecule has 1 aromatic heterocycles. The molecule has 1 fully saturated rings. The number of rotatable bonds is 3. The Labute approximate surface area is 140 Å². The highest BCUT2D eigenvalue weighted by Crippen LogP contribution is 2.25. The highest BCUT2D eigenvalue weighted by atomic mass is 35.5. The summed E-state index contributed by atoms with van der Waals surface area (Å²) in [4.78, 5) is 15.1.